The Morgan fingerprint density at radius 2 is 2.60 bits per heavy atom. The van der Waals surface area contributed by atoms with Crippen molar-refractivity contribution in [1.82, 2.24) is 0 Å². The van der Waals surface area contributed by atoms with Gasteiger partial charge in [0.1, 0.15) is 0 Å². The molecule has 0 atom stereocenters. The summed E-state index contributed by atoms with van der Waals surface area (Å²) in [5, 5.41) is 1.98. The highest BCUT2D eigenvalue weighted by molar-refractivity contribution is 3.98. The molecule has 0 aliphatic heterocycles. The summed E-state index contributed by atoms with van der Waals surface area (Å²) in [5.74, 6) is 0. The quantitative estimate of drug-likeness (QED) is 0.276. The van der Waals surface area contributed by atoms with E-state index in [1.807, 2.05) is 5.34 Å². The van der Waals surface area contributed by atoms with Gasteiger partial charge in [-0.3, -0.25) is 5.73 Å². The van der Waals surface area contributed by atoms with Gasteiger partial charge in [-0.15, -0.1) is 4.91 Å². The van der Waals surface area contributed by atoms with Crippen molar-refractivity contribution in [2.24, 2.45) is 11.1 Å². The molecule has 30 valence electrons. The van der Waals surface area contributed by atoms with E-state index in [1.54, 1.807) is 0 Å². The van der Waals surface area contributed by atoms with Crippen molar-refractivity contribution in [2.75, 3.05) is 6.73 Å². The smallest absolute Gasteiger partial charge is 0.169 e. The molecule has 0 fully saturated rings. The average Bonchev–Trinajstić information content (AvgIpc) is 1.41. The highest BCUT2D eigenvalue weighted by atomic mass is 16.7. The summed E-state index contributed by atoms with van der Waals surface area (Å²) in [5.41, 5.74) is 4.62. The highest BCUT2D eigenvalue weighted by Crippen LogP contribution is 1.58. The Hall–Kier alpha value is -0.640. The Morgan fingerprint density at radius 3 is 2.60 bits per heavy atom. The fraction of sp³-hybridized carbons (Fsp3) is 1.00. The molecule has 0 aromatic carbocycles. The van der Waals surface area contributed by atoms with Gasteiger partial charge < -0.3 is 4.84 Å². The molecule has 0 aromatic rings. The minimum atomic E-state index is -0.135. The molecule has 4 heteroatoms. The third-order valence-corrected chi connectivity index (χ3v) is 0.127. The lowest BCUT2D eigenvalue weighted by Gasteiger charge is -1.76. The second kappa shape index (κ2) is 3.36. The Balaban J connectivity index is 2.40. The predicted octanol–water partition coefficient (Wildman–Crippen LogP) is -0.399. The lowest BCUT2D eigenvalue weighted by molar-refractivity contribution is 0.147. The lowest BCUT2D eigenvalue weighted by Crippen LogP contribution is -1.97. The molecule has 0 heterocycles. The summed E-state index contributed by atoms with van der Waals surface area (Å²) in [6, 6.07) is 0. The topological polar surface area (TPSA) is 64.7 Å². The van der Waals surface area contributed by atoms with E-state index in [4.69, 9.17) is 4.91 Å². The molecule has 5 heavy (non-hydrogen) atoms. The first-order valence-corrected chi connectivity index (χ1v) is 1.06. The first-order valence-electron chi connectivity index (χ1n) is 1.06. The molecule has 0 aliphatic rings. The van der Waals surface area contributed by atoms with E-state index in [0.29, 0.717) is 0 Å². The zero-order chi connectivity index (χ0) is 4.12. The van der Waals surface area contributed by atoms with E-state index >= 15 is 0 Å². The van der Waals surface area contributed by atoms with Gasteiger partial charge >= 0.3 is 0 Å². The number of nitrogens with two attached hydrogens (primary N) is 1. The van der Waals surface area contributed by atoms with E-state index in [0.717, 1.165) is 0 Å². The van der Waals surface area contributed by atoms with Gasteiger partial charge in [0.25, 0.3) is 0 Å². The summed E-state index contributed by atoms with van der Waals surface area (Å²) in [4.78, 5) is 12.5. The number of hydrogen-bond donors (Lipinski definition) is 1. The van der Waals surface area contributed by atoms with Crippen LogP contribution in [-0.2, 0) is 4.84 Å². The van der Waals surface area contributed by atoms with Crippen molar-refractivity contribution in [3.63, 3.8) is 0 Å². The summed E-state index contributed by atoms with van der Waals surface area (Å²) in [6.07, 6.45) is 0. The molecule has 0 aromatic heterocycles. The normalized spacial score (nSPS) is 6.60. The van der Waals surface area contributed by atoms with Crippen molar-refractivity contribution >= 4 is 0 Å². The van der Waals surface area contributed by atoms with Crippen LogP contribution in [0.1, 0.15) is 0 Å². The first kappa shape index (κ1) is 4.36. The number of nitrogens with zero attached hydrogens (tertiary/aromatic N) is 1. The van der Waals surface area contributed by atoms with E-state index in [9.17, 15) is 0 Å². The van der Waals surface area contributed by atoms with E-state index in [1.165, 1.54) is 0 Å². The minimum Gasteiger partial charge on any atom is -0.348 e. The van der Waals surface area contributed by atoms with Crippen LogP contribution in [0, 0.1) is 4.91 Å². The molecular weight excluding hydrogens is 72.0 g/mol. The zero-order valence-electron chi connectivity index (χ0n) is 2.55. The van der Waals surface area contributed by atoms with Gasteiger partial charge in [-0.25, -0.2) is 0 Å². The summed E-state index contributed by atoms with van der Waals surface area (Å²) < 4.78 is 0. The third kappa shape index (κ3) is 3.36. The van der Waals surface area contributed by atoms with Crippen LogP contribution in [0.2, 0.25) is 0 Å². The van der Waals surface area contributed by atoms with Gasteiger partial charge in [0.2, 0.25) is 0 Å². The SMILES string of the molecule is NCON=O. The molecule has 0 amide bonds. The van der Waals surface area contributed by atoms with Crippen LogP contribution >= 0.6 is 0 Å². The zero-order valence-corrected chi connectivity index (χ0v) is 2.55. The maximum atomic E-state index is 8.85. The second-order valence-corrected chi connectivity index (χ2v) is 0.370. The van der Waals surface area contributed by atoms with Crippen molar-refractivity contribution in [3.8, 4) is 0 Å². The van der Waals surface area contributed by atoms with Crippen LogP contribution in [-0.4, -0.2) is 6.73 Å². The molecular formula is CH4N2O2. The minimum absolute atomic E-state index is 0.135. The molecule has 0 bridgehead atoms. The van der Waals surface area contributed by atoms with Crippen molar-refractivity contribution in [1.29, 1.82) is 0 Å². The van der Waals surface area contributed by atoms with E-state index in [2.05, 4.69) is 10.6 Å². The standard InChI is InChI=1S/CH4N2O2/c2-1-5-3-4/h1-2H2. The van der Waals surface area contributed by atoms with Crippen LogP contribution in [0.4, 0.5) is 0 Å². The Kier molecular flexibility index (Phi) is 2.93. The molecule has 0 unspecified atom stereocenters. The van der Waals surface area contributed by atoms with Crippen molar-refractivity contribution in [3.05, 3.63) is 4.91 Å². The molecule has 4 nitrogen and oxygen atoms in total. The largest absolute Gasteiger partial charge is 0.348 e. The highest BCUT2D eigenvalue weighted by Gasteiger charge is 1.61. The van der Waals surface area contributed by atoms with Gasteiger partial charge in [0.05, 0.1) is 0 Å². The Labute approximate surface area is 28.8 Å². The Morgan fingerprint density at radius 1 is 2.00 bits per heavy atom. The molecule has 0 aliphatic carbocycles. The fourth-order valence-corrected chi connectivity index (χ4v) is 0.0304. The van der Waals surface area contributed by atoms with Crippen LogP contribution in [0.15, 0.2) is 5.34 Å². The maximum Gasteiger partial charge on any atom is 0.169 e. The van der Waals surface area contributed by atoms with Crippen molar-refractivity contribution < 1.29 is 4.84 Å². The maximum absolute atomic E-state index is 8.85. The van der Waals surface area contributed by atoms with Crippen LogP contribution in [0.25, 0.3) is 0 Å². The third-order valence-electron chi connectivity index (χ3n) is 0.127. The van der Waals surface area contributed by atoms with E-state index in [-0.39, 0.29) is 6.73 Å². The molecule has 0 radical (unpaired) electrons. The van der Waals surface area contributed by atoms with Gasteiger partial charge in [-0.05, 0) is 0 Å². The van der Waals surface area contributed by atoms with E-state index < -0.39 is 0 Å². The lowest BCUT2D eigenvalue weighted by atomic mass is 11.4. The van der Waals surface area contributed by atoms with Crippen LogP contribution in [0.3, 0.4) is 0 Å². The first-order chi connectivity index (χ1) is 2.41. The fourth-order valence-electron chi connectivity index (χ4n) is 0.0304. The van der Waals surface area contributed by atoms with Crippen molar-refractivity contribution in [2.45, 2.75) is 0 Å². The molecule has 0 saturated heterocycles. The predicted molar refractivity (Wildman–Crippen MR) is 15.9 cm³/mol. The Bertz CT molecular complexity index is 28.8. The summed E-state index contributed by atoms with van der Waals surface area (Å²) in [7, 11) is 0. The molecule has 2 N–H and O–H groups in total. The number of rotatable bonds is 2. The second-order valence-electron chi connectivity index (χ2n) is 0.370. The van der Waals surface area contributed by atoms with Gasteiger partial charge in [0, 0.05) is 0 Å². The molecule has 0 rings (SSSR count). The monoisotopic (exact) mass is 76.0 g/mol. The summed E-state index contributed by atoms with van der Waals surface area (Å²) >= 11 is 0. The van der Waals surface area contributed by atoms with Gasteiger partial charge in [-0.1, -0.05) is 0 Å². The van der Waals surface area contributed by atoms with Gasteiger partial charge in [0.15, 0.2) is 12.1 Å². The number of hydrogen-bond acceptors (Lipinski definition) is 4. The average molecular weight is 76.1 g/mol. The van der Waals surface area contributed by atoms with Crippen LogP contribution in [0.5, 0.6) is 0 Å². The summed E-state index contributed by atoms with van der Waals surface area (Å²) in [6.45, 7) is -0.135. The van der Waals surface area contributed by atoms with Gasteiger partial charge in [-0.2, -0.15) is 0 Å². The molecule has 0 spiro atoms. The van der Waals surface area contributed by atoms with Crippen LogP contribution < -0.4 is 5.73 Å². The molecule has 0 saturated carbocycles.